The van der Waals surface area contributed by atoms with Gasteiger partial charge >= 0.3 is 0 Å². The zero-order valence-corrected chi connectivity index (χ0v) is 8.22. The minimum atomic E-state index is 0.429. The van der Waals surface area contributed by atoms with Crippen LogP contribution in [0.2, 0.25) is 0 Å². The van der Waals surface area contributed by atoms with Crippen LogP contribution < -0.4 is 5.32 Å². The maximum Gasteiger partial charge on any atom is 0.259 e. The zero-order valence-electron chi connectivity index (χ0n) is 7.40. The van der Waals surface area contributed by atoms with Gasteiger partial charge in [-0.05, 0) is 0 Å². The molecule has 0 saturated heterocycles. The van der Waals surface area contributed by atoms with Crippen LogP contribution in [0.25, 0.3) is 16.1 Å². The average molecular weight is 205 g/mol. The van der Waals surface area contributed by atoms with Crippen LogP contribution in [0.15, 0.2) is 11.6 Å². The molecule has 2 aromatic rings. The van der Waals surface area contributed by atoms with Crippen LogP contribution in [0.1, 0.15) is 0 Å². The molecule has 0 aliphatic rings. The molecule has 0 atom stereocenters. The van der Waals surface area contributed by atoms with Gasteiger partial charge in [-0.2, -0.15) is 0 Å². The number of hydrogen-bond acceptors (Lipinski definition) is 4. The lowest BCUT2D eigenvalue weighted by atomic mass is 10.3. The summed E-state index contributed by atoms with van der Waals surface area (Å²) < 4.78 is 0. The Kier molecular flexibility index (Phi) is 2.16. The molecule has 5 nitrogen and oxygen atoms in total. The Labute approximate surface area is 84.6 Å². The molecule has 0 fully saturated rings. The highest BCUT2D eigenvalue weighted by Crippen LogP contribution is 2.30. The van der Waals surface area contributed by atoms with Crippen molar-refractivity contribution in [3.05, 3.63) is 23.0 Å². The third kappa shape index (κ3) is 1.34. The summed E-state index contributed by atoms with van der Waals surface area (Å²) >= 11 is 1.50. The molecule has 14 heavy (non-hydrogen) atoms. The third-order valence-electron chi connectivity index (χ3n) is 1.73. The van der Waals surface area contributed by atoms with Gasteiger partial charge in [0.25, 0.3) is 5.82 Å². The number of aromatic nitrogens is 3. The summed E-state index contributed by atoms with van der Waals surface area (Å²) in [7, 11) is 1.81. The summed E-state index contributed by atoms with van der Waals surface area (Å²) in [5, 5.41) is 12.1. The van der Waals surface area contributed by atoms with Crippen LogP contribution >= 0.6 is 11.3 Å². The second kappa shape index (κ2) is 3.47. The van der Waals surface area contributed by atoms with Crippen molar-refractivity contribution in [1.29, 1.82) is 0 Å². The summed E-state index contributed by atoms with van der Waals surface area (Å²) in [6.07, 6.45) is 1.61. The lowest BCUT2D eigenvalue weighted by molar-refractivity contribution is 1.10. The summed E-state index contributed by atoms with van der Waals surface area (Å²) in [5.74, 6) is 0.429. The Balaban J connectivity index is 2.45. The summed E-state index contributed by atoms with van der Waals surface area (Å²) in [4.78, 5) is 7.60. The van der Waals surface area contributed by atoms with Crippen molar-refractivity contribution in [3.63, 3.8) is 0 Å². The van der Waals surface area contributed by atoms with Gasteiger partial charge < -0.3 is 10.2 Å². The van der Waals surface area contributed by atoms with Crippen molar-refractivity contribution >= 4 is 22.3 Å². The molecule has 0 bridgehead atoms. The first kappa shape index (κ1) is 8.72. The van der Waals surface area contributed by atoms with Crippen LogP contribution in [0, 0.1) is 6.57 Å². The van der Waals surface area contributed by atoms with Crippen molar-refractivity contribution in [1.82, 2.24) is 15.2 Å². The summed E-state index contributed by atoms with van der Waals surface area (Å²) in [6.45, 7) is 6.92. The maximum atomic E-state index is 6.92. The van der Waals surface area contributed by atoms with E-state index >= 15 is 0 Å². The Morgan fingerprint density at radius 3 is 3.14 bits per heavy atom. The molecule has 2 N–H and O–H groups in total. The number of aromatic amines is 1. The SMILES string of the molecule is [C-]#[N+]c1[nH]ncc1-c1csc(NC)n1. The van der Waals surface area contributed by atoms with Gasteiger partial charge in [0.15, 0.2) is 5.13 Å². The Bertz CT molecular complexity index is 478. The maximum absolute atomic E-state index is 6.92. The first-order chi connectivity index (χ1) is 6.85. The topological polar surface area (TPSA) is 58.0 Å². The molecule has 70 valence electrons. The van der Waals surface area contributed by atoms with Crippen LogP contribution in [0.4, 0.5) is 10.9 Å². The highest BCUT2D eigenvalue weighted by molar-refractivity contribution is 7.14. The number of hydrogen-bond donors (Lipinski definition) is 2. The Hall–Kier alpha value is -1.87. The number of rotatable bonds is 2. The minimum absolute atomic E-state index is 0.429. The van der Waals surface area contributed by atoms with E-state index in [1.807, 2.05) is 12.4 Å². The molecule has 6 heteroatoms. The van der Waals surface area contributed by atoms with E-state index in [0.717, 1.165) is 16.4 Å². The van der Waals surface area contributed by atoms with E-state index in [2.05, 4.69) is 25.3 Å². The Morgan fingerprint density at radius 2 is 2.50 bits per heavy atom. The number of H-pyrrole nitrogens is 1. The van der Waals surface area contributed by atoms with Crippen LogP contribution in [0.5, 0.6) is 0 Å². The van der Waals surface area contributed by atoms with Crippen molar-refractivity contribution in [2.45, 2.75) is 0 Å². The zero-order chi connectivity index (χ0) is 9.97. The average Bonchev–Trinajstić information content (AvgIpc) is 2.85. The minimum Gasteiger partial charge on any atom is -0.365 e. The van der Waals surface area contributed by atoms with Crippen molar-refractivity contribution in [3.8, 4) is 11.3 Å². The molecule has 0 amide bonds. The molecule has 0 unspecified atom stereocenters. The molecular weight excluding hydrogens is 198 g/mol. The second-order valence-electron chi connectivity index (χ2n) is 2.53. The fourth-order valence-corrected chi connectivity index (χ4v) is 1.74. The molecule has 0 aromatic carbocycles. The number of nitrogens with zero attached hydrogens (tertiary/aromatic N) is 3. The number of anilines is 1. The second-order valence-corrected chi connectivity index (χ2v) is 3.39. The molecule has 2 rings (SSSR count). The molecule has 0 saturated carbocycles. The molecule has 2 aromatic heterocycles. The normalized spacial score (nSPS) is 9.71. The number of thiazole rings is 1. The first-order valence-corrected chi connectivity index (χ1v) is 4.77. The van der Waals surface area contributed by atoms with Crippen molar-refractivity contribution in [2.75, 3.05) is 12.4 Å². The highest BCUT2D eigenvalue weighted by atomic mass is 32.1. The molecule has 0 spiro atoms. The Morgan fingerprint density at radius 1 is 1.64 bits per heavy atom. The largest absolute Gasteiger partial charge is 0.365 e. The van der Waals surface area contributed by atoms with E-state index in [1.54, 1.807) is 6.20 Å². The van der Waals surface area contributed by atoms with Gasteiger partial charge in [-0.3, -0.25) is 0 Å². The number of nitrogens with one attached hydrogen (secondary N) is 2. The molecule has 0 aliphatic carbocycles. The quantitative estimate of drug-likeness (QED) is 0.738. The summed E-state index contributed by atoms with van der Waals surface area (Å²) in [5.41, 5.74) is 1.52. The lowest BCUT2D eigenvalue weighted by Crippen LogP contribution is -1.85. The van der Waals surface area contributed by atoms with E-state index in [-0.39, 0.29) is 0 Å². The van der Waals surface area contributed by atoms with Crippen LogP contribution in [0.3, 0.4) is 0 Å². The molecule has 0 radical (unpaired) electrons. The van der Waals surface area contributed by atoms with Crippen LogP contribution in [-0.2, 0) is 0 Å². The van der Waals surface area contributed by atoms with E-state index in [1.165, 1.54) is 11.3 Å². The molecule has 0 aliphatic heterocycles. The molecule has 2 heterocycles. The van der Waals surface area contributed by atoms with E-state index in [9.17, 15) is 0 Å². The molecular formula is C8H7N5S. The monoisotopic (exact) mass is 205 g/mol. The van der Waals surface area contributed by atoms with E-state index < -0.39 is 0 Å². The van der Waals surface area contributed by atoms with Gasteiger partial charge in [-0.15, -0.1) is 16.4 Å². The summed E-state index contributed by atoms with van der Waals surface area (Å²) in [6, 6.07) is 0. The van der Waals surface area contributed by atoms with Crippen molar-refractivity contribution < 1.29 is 0 Å². The van der Waals surface area contributed by atoms with E-state index in [4.69, 9.17) is 6.57 Å². The van der Waals surface area contributed by atoms with Gasteiger partial charge in [0, 0.05) is 18.0 Å². The first-order valence-electron chi connectivity index (χ1n) is 3.89. The van der Waals surface area contributed by atoms with Gasteiger partial charge in [0.05, 0.1) is 11.9 Å². The predicted molar refractivity (Wildman–Crippen MR) is 55.5 cm³/mol. The van der Waals surface area contributed by atoms with Crippen molar-refractivity contribution in [2.24, 2.45) is 0 Å². The van der Waals surface area contributed by atoms with Gasteiger partial charge in [0.2, 0.25) is 0 Å². The van der Waals surface area contributed by atoms with Gasteiger partial charge in [0.1, 0.15) is 0 Å². The third-order valence-corrected chi connectivity index (χ3v) is 2.58. The predicted octanol–water partition coefficient (Wildman–Crippen LogP) is 2.13. The van der Waals surface area contributed by atoms with Crippen LogP contribution in [-0.4, -0.2) is 22.2 Å². The van der Waals surface area contributed by atoms with E-state index in [0.29, 0.717) is 5.82 Å². The van der Waals surface area contributed by atoms with Gasteiger partial charge in [-0.25, -0.2) is 10.1 Å². The lowest BCUT2D eigenvalue weighted by Gasteiger charge is -1.91. The fourth-order valence-electron chi connectivity index (χ4n) is 1.06. The standard InChI is InChI=1S/C8H7N5S/c1-9-7-5(3-11-13-7)6-4-14-8(10-2)12-6/h3-4H,2H3,(H,10,12)(H,11,13). The fraction of sp³-hybridized carbons (Fsp3) is 0.125. The highest BCUT2D eigenvalue weighted by Gasteiger charge is 2.10. The van der Waals surface area contributed by atoms with Gasteiger partial charge in [-0.1, -0.05) is 6.57 Å². The smallest absolute Gasteiger partial charge is 0.259 e.